The summed E-state index contributed by atoms with van der Waals surface area (Å²) in [4.78, 5) is 0. The van der Waals surface area contributed by atoms with Crippen LogP contribution in [-0.4, -0.2) is 12.6 Å². The Morgan fingerprint density at radius 2 is 1.65 bits per heavy atom. The largest absolute Gasteiger partial charge is 0.416 e. The zero-order valence-corrected chi connectivity index (χ0v) is 12.8. The van der Waals surface area contributed by atoms with Crippen LogP contribution in [0.4, 0.5) is 13.2 Å². The van der Waals surface area contributed by atoms with Gasteiger partial charge in [-0.15, -0.1) is 0 Å². The van der Waals surface area contributed by atoms with Crippen molar-refractivity contribution in [2.45, 2.75) is 31.6 Å². The molecule has 0 amide bonds. The van der Waals surface area contributed by atoms with E-state index >= 15 is 0 Å². The lowest BCUT2D eigenvalue weighted by Crippen LogP contribution is -2.28. The Balaban J connectivity index is 1.75. The van der Waals surface area contributed by atoms with Gasteiger partial charge in [0.2, 0.25) is 0 Å². The van der Waals surface area contributed by atoms with Gasteiger partial charge in [0.1, 0.15) is 0 Å². The first-order chi connectivity index (χ1) is 10.9. The van der Waals surface area contributed by atoms with Gasteiger partial charge in [0.05, 0.1) is 5.56 Å². The highest BCUT2D eigenvalue weighted by Crippen LogP contribution is 2.29. The van der Waals surface area contributed by atoms with Gasteiger partial charge in [-0.3, -0.25) is 0 Å². The Labute approximate surface area is 134 Å². The zero-order valence-electron chi connectivity index (χ0n) is 12.8. The van der Waals surface area contributed by atoms with E-state index in [2.05, 4.69) is 5.32 Å². The van der Waals surface area contributed by atoms with Crippen molar-refractivity contribution in [3.63, 3.8) is 0 Å². The molecule has 0 radical (unpaired) electrons. The van der Waals surface area contributed by atoms with Gasteiger partial charge in [-0.25, -0.2) is 0 Å². The molecule has 0 aliphatic carbocycles. The molecule has 0 saturated carbocycles. The number of hydrogen-bond acceptors (Lipinski definition) is 2. The molecule has 0 spiro atoms. The van der Waals surface area contributed by atoms with Crippen LogP contribution in [0, 0.1) is 0 Å². The van der Waals surface area contributed by atoms with Crippen molar-refractivity contribution in [2.75, 3.05) is 6.54 Å². The molecule has 0 unspecified atom stereocenters. The number of rotatable bonds is 7. The summed E-state index contributed by atoms with van der Waals surface area (Å²) < 4.78 is 38.0. The standard InChI is InChI=1S/C18H21F3N2/c19-18(20,21)16-8-4-7-15(11-16)12-17(22)9-10-23-13-14-5-2-1-3-6-14/h1-8,11,17,23H,9-10,12-13,22H2/t17-/m0/s1. The first kappa shape index (κ1) is 17.5. The van der Waals surface area contributed by atoms with E-state index in [-0.39, 0.29) is 6.04 Å². The zero-order chi connectivity index (χ0) is 16.7. The molecule has 2 nitrogen and oxygen atoms in total. The van der Waals surface area contributed by atoms with Crippen LogP contribution in [0.15, 0.2) is 54.6 Å². The third kappa shape index (κ3) is 6.04. The lowest BCUT2D eigenvalue weighted by atomic mass is 10.0. The Kier molecular flexibility index (Phi) is 6.19. The number of halogens is 3. The van der Waals surface area contributed by atoms with Gasteiger partial charge >= 0.3 is 6.18 Å². The van der Waals surface area contributed by atoms with E-state index in [1.54, 1.807) is 6.07 Å². The molecular weight excluding hydrogens is 301 g/mol. The van der Waals surface area contributed by atoms with Crippen LogP contribution in [0.1, 0.15) is 23.1 Å². The van der Waals surface area contributed by atoms with Crippen LogP contribution in [-0.2, 0) is 19.1 Å². The van der Waals surface area contributed by atoms with Gasteiger partial charge in [-0.1, -0.05) is 48.5 Å². The van der Waals surface area contributed by atoms with Crippen molar-refractivity contribution in [3.05, 3.63) is 71.3 Å². The van der Waals surface area contributed by atoms with Crippen molar-refractivity contribution in [1.29, 1.82) is 0 Å². The monoisotopic (exact) mass is 322 g/mol. The highest BCUT2D eigenvalue weighted by atomic mass is 19.4. The maximum atomic E-state index is 12.7. The van der Waals surface area contributed by atoms with Crippen molar-refractivity contribution >= 4 is 0 Å². The second-order valence-corrected chi connectivity index (χ2v) is 5.61. The fraction of sp³-hybridized carbons (Fsp3) is 0.333. The van der Waals surface area contributed by atoms with Gasteiger partial charge in [0.15, 0.2) is 0 Å². The first-order valence-corrected chi connectivity index (χ1v) is 7.61. The summed E-state index contributed by atoms with van der Waals surface area (Å²) in [5.74, 6) is 0. The molecule has 2 rings (SSSR count). The molecule has 3 N–H and O–H groups in total. The first-order valence-electron chi connectivity index (χ1n) is 7.61. The van der Waals surface area contributed by atoms with E-state index in [0.29, 0.717) is 18.4 Å². The fourth-order valence-corrected chi connectivity index (χ4v) is 2.40. The molecule has 5 heteroatoms. The predicted molar refractivity (Wildman–Crippen MR) is 85.9 cm³/mol. The smallest absolute Gasteiger partial charge is 0.327 e. The van der Waals surface area contributed by atoms with Gasteiger partial charge < -0.3 is 11.1 Å². The molecule has 124 valence electrons. The van der Waals surface area contributed by atoms with E-state index < -0.39 is 11.7 Å². The SMILES string of the molecule is N[C@@H](CCNCc1ccccc1)Cc1cccc(C(F)(F)F)c1. The topological polar surface area (TPSA) is 38.0 Å². The lowest BCUT2D eigenvalue weighted by molar-refractivity contribution is -0.137. The minimum atomic E-state index is -4.31. The third-order valence-electron chi connectivity index (χ3n) is 3.62. The van der Waals surface area contributed by atoms with Crippen LogP contribution in [0.2, 0.25) is 0 Å². The Hall–Kier alpha value is -1.85. The minimum Gasteiger partial charge on any atom is -0.327 e. The van der Waals surface area contributed by atoms with E-state index in [1.165, 1.54) is 17.7 Å². The van der Waals surface area contributed by atoms with Gasteiger partial charge in [-0.2, -0.15) is 13.2 Å². The highest BCUT2D eigenvalue weighted by Gasteiger charge is 2.30. The molecule has 0 aromatic heterocycles. The molecule has 1 atom stereocenters. The second-order valence-electron chi connectivity index (χ2n) is 5.61. The van der Waals surface area contributed by atoms with Crippen LogP contribution < -0.4 is 11.1 Å². The number of alkyl halides is 3. The van der Waals surface area contributed by atoms with Gasteiger partial charge in [0.25, 0.3) is 0 Å². The van der Waals surface area contributed by atoms with E-state index in [9.17, 15) is 13.2 Å². The summed E-state index contributed by atoms with van der Waals surface area (Å²) in [7, 11) is 0. The maximum Gasteiger partial charge on any atom is 0.416 e. The van der Waals surface area contributed by atoms with Gasteiger partial charge in [-0.05, 0) is 36.6 Å². The Morgan fingerprint density at radius 1 is 0.957 bits per heavy atom. The second kappa shape index (κ2) is 8.13. The van der Waals surface area contributed by atoms with Crippen LogP contribution in [0.5, 0.6) is 0 Å². The maximum absolute atomic E-state index is 12.7. The normalized spacial score (nSPS) is 13.0. The molecule has 0 fully saturated rings. The van der Waals surface area contributed by atoms with E-state index in [4.69, 9.17) is 5.73 Å². The molecule has 23 heavy (non-hydrogen) atoms. The van der Waals surface area contributed by atoms with Crippen molar-refractivity contribution in [3.8, 4) is 0 Å². The number of nitrogens with one attached hydrogen (secondary N) is 1. The molecule has 0 aliphatic rings. The van der Waals surface area contributed by atoms with Gasteiger partial charge in [0, 0.05) is 12.6 Å². The van der Waals surface area contributed by atoms with Crippen LogP contribution in [0.25, 0.3) is 0 Å². The molecule has 2 aromatic carbocycles. The average Bonchev–Trinajstić information content (AvgIpc) is 2.52. The molecule has 0 bridgehead atoms. The Morgan fingerprint density at radius 3 is 2.35 bits per heavy atom. The quantitative estimate of drug-likeness (QED) is 0.762. The fourth-order valence-electron chi connectivity index (χ4n) is 2.40. The van der Waals surface area contributed by atoms with Crippen molar-refractivity contribution < 1.29 is 13.2 Å². The van der Waals surface area contributed by atoms with Crippen LogP contribution >= 0.6 is 0 Å². The van der Waals surface area contributed by atoms with Crippen LogP contribution in [0.3, 0.4) is 0 Å². The summed E-state index contributed by atoms with van der Waals surface area (Å²) >= 11 is 0. The highest BCUT2D eigenvalue weighted by molar-refractivity contribution is 5.26. The molecule has 2 aromatic rings. The van der Waals surface area contributed by atoms with Crippen molar-refractivity contribution in [2.24, 2.45) is 5.73 Å². The minimum absolute atomic E-state index is 0.165. The van der Waals surface area contributed by atoms with E-state index in [0.717, 1.165) is 19.2 Å². The van der Waals surface area contributed by atoms with E-state index in [1.807, 2.05) is 30.3 Å². The predicted octanol–water partition coefficient (Wildman–Crippen LogP) is 3.76. The van der Waals surface area contributed by atoms with Crippen molar-refractivity contribution in [1.82, 2.24) is 5.32 Å². The lowest BCUT2D eigenvalue weighted by Gasteiger charge is -2.14. The molecule has 0 aliphatic heterocycles. The third-order valence-corrected chi connectivity index (χ3v) is 3.62. The summed E-state index contributed by atoms with van der Waals surface area (Å²) in [6.07, 6.45) is -3.16. The number of benzene rings is 2. The molecule has 0 heterocycles. The summed E-state index contributed by atoms with van der Waals surface area (Å²) in [6.45, 7) is 1.49. The number of nitrogens with two attached hydrogens (primary N) is 1. The number of hydrogen-bond donors (Lipinski definition) is 2. The summed E-state index contributed by atoms with van der Waals surface area (Å²) in [5.41, 5.74) is 7.22. The Bertz CT molecular complexity index is 597. The molecular formula is C18H21F3N2. The molecule has 0 saturated heterocycles. The summed E-state index contributed by atoms with van der Waals surface area (Å²) in [6, 6.07) is 15.2. The summed E-state index contributed by atoms with van der Waals surface area (Å²) in [5, 5.41) is 3.29. The average molecular weight is 322 g/mol.